The Labute approximate surface area is 157 Å². The van der Waals surface area contributed by atoms with Gasteiger partial charge in [0.25, 0.3) is 5.91 Å². The molecular weight excluding hydrogens is 342 g/mol. The van der Waals surface area contributed by atoms with Gasteiger partial charge < -0.3 is 15.7 Å². The van der Waals surface area contributed by atoms with Gasteiger partial charge in [-0.25, -0.2) is 9.97 Å². The lowest BCUT2D eigenvalue weighted by Crippen LogP contribution is -2.28. The molecule has 1 amide bonds. The van der Waals surface area contributed by atoms with Crippen molar-refractivity contribution in [3.63, 3.8) is 0 Å². The van der Waals surface area contributed by atoms with Crippen LogP contribution in [0.15, 0.2) is 54.7 Å². The van der Waals surface area contributed by atoms with Gasteiger partial charge in [-0.2, -0.15) is 0 Å². The summed E-state index contributed by atoms with van der Waals surface area (Å²) in [6, 6.07) is 13.6. The van der Waals surface area contributed by atoms with Crippen molar-refractivity contribution < 1.29 is 9.90 Å². The Balaban J connectivity index is 1.59. The maximum absolute atomic E-state index is 12.1. The third-order valence-corrected chi connectivity index (χ3v) is 3.88. The number of amides is 1. The van der Waals surface area contributed by atoms with Gasteiger partial charge in [0.2, 0.25) is 0 Å². The van der Waals surface area contributed by atoms with Crippen LogP contribution < -0.4 is 10.6 Å². The number of aryl methyl sites for hydroxylation is 1. The van der Waals surface area contributed by atoms with Crippen molar-refractivity contribution in [2.45, 2.75) is 13.3 Å². The van der Waals surface area contributed by atoms with Crippen LogP contribution in [0.2, 0.25) is 0 Å². The number of carbonyl (C=O) groups is 1. The molecule has 138 valence electrons. The van der Waals surface area contributed by atoms with Gasteiger partial charge in [-0.15, -0.1) is 0 Å². The second-order valence-electron chi connectivity index (χ2n) is 5.87. The van der Waals surface area contributed by atoms with Crippen molar-refractivity contribution >= 4 is 11.7 Å². The molecule has 0 spiro atoms. The minimum Gasteiger partial charge on any atom is -0.508 e. The van der Waals surface area contributed by atoms with Gasteiger partial charge in [-0.3, -0.25) is 9.78 Å². The zero-order chi connectivity index (χ0) is 19.1. The third-order valence-electron chi connectivity index (χ3n) is 3.88. The molecule has 0 fully saturated rings. The van der Waals surface area contributed by atoms with Crippen molar-refractivity contribution in [2.24, 2.45) is 0 Å². The molecule has 0 atom stereocenters. The first-order valence-electron chi connectivity index (χ1n) is 8.76. The van der Waals surface area contributed by atoms with Crippen LogP contribution in [-0.2, 0) is 6.42 Å². The van der Waals surface area contributed by atoms with E-state index in [0.29, 0.717) is 30.3 Å². The van der Waals surface area contributed by atoms with E-state index in [2.05, 4.69) is 25.6 Å². The highest BCUT2D eigenvalue weighted by Crippen LogP contribution is 2.16. The molecule has 0 aliphatic carbocycles. The van der Waals surface area contributed by atoms with Crippen LogP contribution in [0.4, 0.5) is 5.82 Å². The number of phenolic OH excluding ortho intramolecular Hbond substituents is 1. The molecule has 7 nitrogen and oxygen atoms in total. The van der Waals surface area contributed by atoms with E-state index in [1.807, 2.05) is 31.2 Å². The van der Waals surface area contributed by atoms with Crippen LogP contribution in [0.1, 0.15) is 23.0 Å². The Kier molecular flexibility index (Phi) is 5.94. The summed E-state index contributed by atoms with van der Waals surface area (Å²) < 4.78 is 0. The van der Waals surface area contributed by atoms with Gasteiger partial charge >= 0.3 is 0 Å². The molecule has 0 radical (unpaired) electrons. The molecule has 0 saturated heterocycles. The average Bonchev–Trinajstić information content (AvgIpc) is 2.72. The molecule has 7 heteroatoms. The highest BCUT2D eigenvalue weighted by atomic mass is 16.3. The molecular formula is C20H21N5O2. The number of anilines is 1. The molecule has 3 rings (SSSR count). The van der Waals surface area contributed by atoms with Crippen LogP contribution in [-0.4, -0.2) is 39.1 Å². The number of aromatic hydroxyl groups is 1. The first kappa shape index (κ1) is 18.3. The summed E-state index contributed by atoms with van der Waals surface area (Å²) in [6.45, 7) is 2.99. The van der Waals surface area contributed by atoms with Crippen molar-refractivity contribution in [3.8, 4) is 17.3 Å². The Morgan fingerprint density at radius 2 is 1.89 bits per heavy atom. The molecule has 0 unspecified atom stereocenters. The lowest BCUT2D eigenvalue weighted by atomic mass is 10.2. The molecule has 27 heavy (non-hydrogen) atoms. The van der Waals surface area contributed by atoms with E-state index in [-0.39, 0.29) is 11.7 Å². The largest absolute Gasteiger partial charge is 0.508 e. The molecule has 3 aromatic rings. The van der Waals surface area contributed by atoms with Crippen molar-refractivity contribution in [1.29, 1.82) is 0 Å². The molecule has 0 saturated carbocycles. The summed E-state index contributed by atoms with van der Waals surface area (Å²) >= 11 is 0. The number of carbonyl (C=O) groups excluding carboxylic acids is 1. The number of hydrogen-bond acceptors (Lipinski definition) is 6. The summed E-state index contributed by atoms with van der Waals surface area (Å²) in [5.41, 5.74) is 2.14. The van der Waals surface area contributed by atoms with E-state index >= 15 is 0 Å². The molecule has 0 bridgehead atoms. The Bertz CT molecular complexity index is 898. The Morgan fingerprint density at radius 1 is 1.07 bits per heavy atom. The highest BCUT2D eigenvalue weighted by molar-refractivity contribution is 5.94. The maximum atomic E-state index is 12.1. The summed E-state index contributed by atoms with van der Waals surface area (Å²) in [6.07, 6.45) is 2.50. The predicted octanol–water partition coefficient (Wildman–Crippen LogP) is 2.65. The number of hydrogen-bond donors (Lipinski definition) is 3. The van der Waals surface area contributed by atoms with Crippen LogP contribution in [0, 0.1) is 0 Å². The molecule has 2 aromatic heterocycles. The fraction of sp³-hybridized carbons (Fsp3) is 0.200. The SMILES string of the molecule is CCc1cc(NCCNC(=O)c2ccc(O)cc2)nc(-c2ccccn2)n1. The fourth-order valence-electron chi connectivity index (χ4n) is 2.46. The molecule has 0 aliphatic heterocycles. The van der Waals surface area contributed by atoms with Crippen molar-refractivity contribution in [2.75, 3.05) is 18.4 Å². The normalized spacial score (nSPS) is 10.4. The minimum atomic E-state index is -0.192. The number of aromatic nitrogens is 3. The van der Waals surface area contributed by atoms with Gasteiger partial charge in [0.15, 0.2) is 5.82 Å². The fourth-order valence-corrected chi connectivity index (χ4v) is 2.46. The number of nitrogens with zero attached hydrogens (tertiary/aromatic N) is 3. The maximum Gasteiger partial charge on any atom is 0.251 e. The van der Waals surface area contributed by atoms with E-state index < -0.39 is 0 Å². The highest BCUT2D eigenvalue weighted by Gasteiger charge is 2.08. The average molecular weight is 363 g/mol. The zero-order valence-electron chi connectivity index (χ0n) is 15.0. The van der Waals surface area contributed by atoms with Gasteiger partial charge in [0.1, 0.15) is 17.3 Å². The molecule has 2 heterocycles. The van der Waals surface area contributed by atoms with Gasteiger partial charge in [-0.1, -0.05) is 13.0 Å². The third kappa shape index (κ3) is 5.01. The summed E-state index contributed by atoms with van der Waals surface area (Å²) in [7, 11) is 0. The number of pyridine rings is 1. The van der Waals surface area contributed by atoms with E-state index in [1.54, 1.807) is 18.3 Å². The smallest absolute Gasteiger partial charge is 0.251 e. The number of nitrogens with one attached hydrogen (secondary N) is 2. The van der Waals surface area contributed by atoms with Gasteiger partial charge in [0, 0.05) is 36.6 Å². The van der Waals surface area contributed by atoms with Gasteiger partial charge in [0.05, 0.1) is 0 Å². The lowest BCUT2D eigenvalue weighted by Gasteiger charge is -2.10. The number of phenols is 1. The van der Waals surface area contributed by atoms with E-state index in [4.69, 9.17) is 0 Å². The van der Waals surface area contributed by atoms with Gasteiger partial charge in [-0.05, 0) is 42.8 Å². The zero-order valence-corrected chi connectivity index (χ0v) is 15.0. The van der Waals surface area contributed by atoms with E-state index in [0.717, 1.165) is 17.8 Å². The summed E-state index contributed by atoms with van der Waals surface area (Å²) in [5, 5.41) is 15.3. The van der Waals surface area contributed by atoms with E-state index in [1.165, 1.54) is 12.1 Å². The van der Waals surface area contributed by atoms with Crippen LogP contribution in [0.3, 0.4) is 0 Å². The first-order chi connectivity index (χ1) is 13.2. The van der Waals surface area contributed by atoms with Crippen LogP contribution >= 0.6 is 0 Å². The van der Waals surface area contributed by atoms with Crippen LogP contribution in [0.5, 0.6) is 5.75 Å². The second kappa shape index (κ2) is 8.75. The summed E-state index contributed by atoms with van der Waals surface area (Å²) in [5.74, 6) is 1.21. The molecule has 1 aromatic carbocycles. The monoisotopic (exact) mass is 363 g/mol. The van der Waals surface area contributed by atoms with Crippen molar-refractivity contribution in [1.82, 2.24) is 20.3 Å². The second-order valence-corrected chi connectivity index (χ2v) is 5.87. The van der Waals surface area contributed by atoms with Crippen LogP contribution in [0.25, 0.3) is 11.5 Å². The van der Waals surface area contributed by atoms with Crippen molar-refractivity contribution in [3.05, 3.63) is 66.0 Å². The predicted molar refractivity (Wildman–Crippen MR) is 104 cm³/mol. The molecule has 0 aliphatic rings. The quantitative estimate of drug-likeness (QED) is 0.558. The Morgan fingerprint density at radius 3 is 2.59 bits per heavy atom. The molecule has 3 N–H and O–H groups in total. The standard InChI is InChI=1S/C20H21N5O2/c1-2-15-13-18(25-19(24-15)17-5-3-4-10-21-17)22-11-12-23-20(27)14-6-8-16(26)9-7-14/h3-10,13,26H,2,11-12H2,1H3,(H,23,27)(H,22,24,25). The summed E-state index contributed by atoms with van der Waals surface area (Å²) in [4.78, 5) is 25.4. The number of rotatable bonds is 7. The lowest BCUT2D eigenvalue weighted by molar-refractivity contribution is 0.0955. The van der Waals surface area contributed by atoms with E-state index in [9.17, 15) is 9.90 Å². The topological polar surface area (TPSA) is 100 Å². The number of benzene rings is 1. The minimum absolute atomic E-state index is 0.132. The first-order valence-corrected chi connectivity index (χ1v) is 8.76. The Hall–Kier alpha value is -3.48.